The Balaban J connectivity index is 1.16. The Morgan fingerprint density at radius 1 is 1.02 bits per heavy atom. The smallest absolute Gasteiger partial charge is 0.277 e. The van der Waals surface area contributed by atoms with Crippen molar-refractivity contribution in [3.8, 4) is 39.4 Å². The highest BCUT2D eigenvalue weighted by molar-refractivity contribution is 6.39. The SMILES string of the molecule is COc1nc(-c2cccc(-c3cccc(-c4cc5c(=O)n(C)c(CNC6CC(C)(O)C6)nn5c4)c3Cl)c2Cl)cc(Cl)c1CNC[C@@H]1CCC(=O)N1. The highest BCUT2D eigenvalue weighted by Crippen LogP contribution is 2.43. The Bertz CT molecular complexity index is 2210. The summed E-state index contributed by atoms with van der Waals surface area (Å²) in [5, 5.41) is 25.8. The zero-order valence-electron chi connectivity index (χ0n) is 28.4. The fourth-order valence-corrected chi connectivity index (χ4v) is 7.86. The predicted molar refractivity (Wildman–Crippen MR) is 199 cm³/mol. The molecule has 2 fully saturated rings. The monoisotopic (exact) mass is 749 g/mol. The minimum absolute atomic E-state index is 0.0675. The molecule has 2 aliphatic rings. The zero-order chi connectivity index (χ0) is 36.0. The average Bonchev–Trinajstić information content (AvgIpc) is 3.71. The van der Waals surface area contributed by atoms with Crippen LogP contribution in [0.1, 0.15) is 44.0 Å². The van der Waals surface area contributed by atoms with Gasteiger partial charge in [0.25, 0.3) is 5.56 Å². The van der Waals surface area contributed by atoms with Crippen LogP contribution in [0.25, 0.3) is 39.0 Å². The van der Waals surface area contributed by atoms with Crippen LogP contribution in [0, 0.1) is 0 Å². The maximum atomic E-state index is 13.4. The van der Waals surface area contributed by atoms with Crippen LogP contribution < -0.4 is 26.2 Å². The lowest BCUT2D eigenvalue weighted by Crippen LogP contribution is -2.51. The highest BCUT2D eigenvalue weighted by atomic mass is 35.5. The highest BCUT2D eigenvalue weighted by Gasteiger charge is 2.38. The lowest BCUT2D eigenvalue weighted by atomic mass is 9.77. The predicted octanol–water partition coefficient (Wildman–Crippen LogP) is 5.77. The molecule has 0 radical (unpaired) electrons. The summed E-state index contributed by atoms with van der Waals surface area (Å²) in [5.41, 5.74) is 4.35. The zero-order valence-corrected chi connectivity index (χ0v) is 30.7. The molecule has 51 heavy (non-hydrogen) atoms. The molecule has 1 aliphatic heterocycles. The Labute approximate surface area is 309 Å². The maximum absolute atomic E-state index is 13.4. The number of aliphatic hydroxyl groups is 1. The molecule has 2 aromatic carbocycles. The second-order valence-electron chi connectivity index (χ2n) is 13.6. The Kier molecular flexibility index (Phi) is 9.88. The number of carbonyl (C=O) groups is 1. The summed E-state index contributed by atoms with van der Waals surface area (Å²) in [7, 11) is 3.25. The minimum Gasteiger partial charge on any atom is -0.481 e. The number of carbonyl (C=O) groups excluding carboxylic acids is 1. The summed E-state index contributed by atoms with van der Waals surface area (Å²) in [6, 6.07) is 15.1. The molecule has 4 N–H and O–H groups in total. The number of fused-ring (bicyclic) bond motifs is 1. The van der Waals surface area contributed by atoms with E-state index >= 15 is 0 Å². The molecular weight excluding hydrogens is 713 g/mol. The Morgan fingerprint density at radius 2 is 1.71 bits per heavy atom. The van der Waals surface area contributed by atoms with Crippen LogP contribution in [0.15, 0.2) is 59.5 Å². The number of nitrogens with zero attached hydrogens (tertiary/aromatic N) is 4. The summed E-state index contributed by atoms with van der Waals surface area (Å²) in [6.45, 7) is 3.24. The van der Waals surface area contributed by atoms with E-state index < -0.39 is 5.60 Å². The topological polar surface area (TPSA) is 135 Å². The van der Waals surface area contributed by atoms with Gasteiger partial charge in [0.05, 0.1) is 40.0 Å². The quantitative estimate of drug-likeness (QED) is 0.134. The van der Waals surface area contributed by atoms with Crippen molar-refractivity contribution in [1.29, 1.82) is 0 Å². The van der Waals surface area contributed by atoms with Crippen LogP contribution >= 0.6 is 34.8 Å². The number of nitrogens with one attached hydrogen (secondary N) is 3. The van der Waals surface area contributed by atoms with Crippen molar-refractivity contribution in [3.05, 3.63) is 91.5 Å². The molecule has 1 aliphatic carbocycles. The van der Waals surface area contributed by atoms with Crippen molar-refractivity contribution in [2.24, 2.45) is 7.05 Å². The molecule has 1 saturated carbocycles. The van der Waals surface area contributed by atoms with E-state index in [1.807, 2.05) is 43.3 Å². The van der Waals surface area contributed by atoms with Gasteiger partial charge >= 0.3 is 0 Å². The van der Waals surface area contributed by atoms with Gasteiger partial charge in [-0.25, -0.2) is 9.50 Å². The van der Waals surface area contributed by atoms with Gasteiger partial charge in [-0.05, 0) is 38.3 Å². The van der Waals surface area contributed by atoms with Crippen LogP contribution in [-0.4, -0.2) is 61.5 Å². The molecule has 0 bridgehead atoms. The summed E-state index contributed by atoms with van der Waals surface area (Å²) >= 11 is 21.0. The lowest BCUT2D eigenvalue weighted by Gasteiger charge is -2.41. The van der Waals surface area contributed by atoms with Gasteiger partial charge in [0, 0.05) is 78.2 Å². The first kappa shape index (κ1) is 35.4. The number of pyridine rings is 1. The molecule has 7 rings (SSSR count). The molecule has 11 nitrogen and oxygen atoms in total. The minimum atomic E-state index is -0.644. The van der Waals surface area contributed by atoms with Gasteiger partial charge in [0.1, 0.15) is 11.3 Å². The van der Waals surface area contributed by atoms with Crippen LogP contribution in [0.3, 0.4) is 0 Å². The molecule has 1 saturated heterocycles. The van der Waals surface area contributed by atoms with Crippen LogP contribution in [-0.2, 0) is 24.9 Å². The number of amides is 1. The van der Waals surface area contributed by atoms with Crippen molar-refractivity contribution in [2.75, 3.05) is 13.7 Å². The number of hydrogen-bond acceptors (Lipinski definition) is 8. The van der Waals surface area contributed by atoms with Crippen molar-refractivity contribution in [2.45, 2.75) is 63.4 Å². The number of halogens is 3. The van der Waals surface area contributed by atoms with E-state index in [9.17, 15) is 14.7 Å². The van der Waals surface area contributed by atoms with E-state index in [1.54, 1.807) is 41.6 Å². The molecule has 3 aromatic heterocycles. The van der Waals surface area contributed by atoms with Gasteiger partial charge in [-0.1, -0.05) is 71.2 Å². The van der Waals surface area contributed by atoms with E-state index in [2.05, 4.69) is 16.0 Å². The molecule has 5 aromatic rings. The number of ether oxygens (including phenoxy) is 1. The number of methoxy groups -OCH3 is 1. The number of rotatable bonds is 11. The van der Waals surface area contributed by atoms with Crippen molar-refractivity contribution in [3.63, 3.8) is 0 Å². The average molecular weight is 751 g/mol. The summed E-state index contributed by atoms with van der Waals surface area (Å²) < 4.78 is 8.78. The second kappa shape index (κ2) is 14.2. The standard InChI is InChI=1S/C37H38Cl3N7O4/c1-37(50)14-22(15-37)42-18-31-45-47-19-20(12-30(47)36(49)46(31)2)23-6-4-7-24(33(23)39)25-8-5-9-26(34(25)40)29-13-28(38)27(35(44-29)51-3)17-41-16-21-10-11-32(48)43-21/h4-9,12-13,19,21-22,41-42,50H,10-11,14-18H2,1-3H3,(H,43,48)/t21-,22?,37?/m0/s1. The first-order chi connectivity index (χ1) is 24.4. The Hall–Kier alpha value is -3.97. The number of benzene rings is 2. The number of aromatic nitrogens is 4. The van der Waals surface area contributed by atoms with Crippen molar-refractivity contribution < 1.29 is 14.6 Å². The molecule has 1 amide bonds. The van der Waals surface area contributed by atoms with Gasteiger partial charge in [0.2, 0.25) is 11.8 Å². The summed E-state index contributed by atoms with van der Waals surface area (Å²) in [4.78, 5) is 29.7. The first-order valence-electron chi connectivity index (χ1n) is 16.8. The first-order valence-corrected chi connectivity index (χ1v) is 17.9. The van der Waals surface area contributed by atoms with Crippen LogP contribution in [0.5, 0.6) is 5.88 Å². The molecule has 0 spiro atoms. The fourth-order valence-electron chi connectivity index (χ4n) is 6.95. The van der Waals surface area contributed by atoms with E-state index in [0.717, 1.165) is 17.5 Å². The summed E-state index contributed by atoms with van der Waals surface area (Å²) in [6.07, 6.45) is 4.45. The van der Waals surface area contributed by atoms with E-state index in [-0.39, 0.29) is 23.6 Å². The fraction of sp³-hybridized carbons (Fsp3) is 0.351. The second-order valence-corrected chi connectivity index (χ2v) is 14.7. The van der Waals surface area contributed by atoms with Gasteiger partial charge in [-0.15, -0.1) is 0 Å². The van der Waals surface area contributed by atoms with E-state index in [1.165, 1.54) is 0 Å². The molecular formula is C37H38Cl3N7O4. The summed E-state index contributed by atoms with van der Waals surface area (Å²) in [5.74, 6) is 1.02. The Morgan fingerprint density at radius 3 is 2.37 bits per heavy atom. The van der Waals surface area contributed by atoms with Gasteiger partial charge in [0.15, 0.2) is 0 Å². The molecule has 266 valence electrons. The normalized spacial score (nSPS) is 20.1. The third-order valence-electron chi connectivity index (χ3n) is 9.73. The third kappa shape index (κ3) is 7.11. The van der Waals surface area contributed by atoms with E-state index in [4.69, 9.17) is 49.6 Å². The molecule has 4 heterocycles. The molecule has 0 unspecified atom stereocenters. The molecule has 14 heteroatoms. The van der Waals surface area contributed by atoms with E-state index in [0.29, 0.717) is 99.1 Å². The number of hydrogen-bond donors (Lipinski definition) is 4. The van der Waals surface area contributed by atoms with Crippen LogP contribution in [0.2, 0.25) is 15.1 Å². The maximum Gasteiger partial charge on any atom is 0.277 e. The lowest BCUT2D eigenvalue weighted by molar-refractivity contribution is -0.119. The van der Waals surface area contributed by atoms with Crippen molar-refractivity contribution in [1.82, 2.24) is 35.1 Å². The largest absolute Gasteiger partial charge is 0.481 e. The van der Waals surface area contributed by atoms with Gasteiger partial charge < -0.3 is 25.8 Å². The third-order valence-corrected chi connectivity index (χ3v) is 10.9. The molecule has 1 atom stereocenters. The van der Waals surface area contributed by atoms with Gasteiger partial charge in [-0.3, -0.25) is 14.2 Å². The van der Waals surface area contributed by atoms with Crippen LogP contribution in [0.4, 0.5) is 0 Å². The van der Waals surface area contributed by atoms with Gasteiger partial charge in [-0.2, -0.15) is 5.10 Å². The van der Waals surface area contributed by atoms with Crippen molar-refractivity contribution >= 4 is 46.2 Å².